The van der Waals surface area contributed by atoms with Crippen molar-refractivity contribution in [2.24, 2.45) is 0 Å². The van der Waals surface area contributed by atoms with Crippen LogP contribution in [0.15, 0.2) is 41.3 Å². The largest absolute Gasteiger partial charge is 0.455 e. The lowest BCUT2D eigenvalue weighted by Gasteiger charge is -2.29. The molecule has 0 saturated heterocycles. The van der Waals surface area contributed by atoms with Crippen LogP contribution in [0.1, 0.15) is 52.7 Å². The molecule has 3 rings (SSSR count). The molecule has 0 aliphatic carbocycles. The van der Waals surface area contributed by atoms with E-state index >= 15 is 0 Å². The number of anilines is 1. The summed E-state index contributed by atoms with van der Waals surface area (Å²) >= 11 is 5.42. The second-order valence-corrected chi connectivity index (χ2v) is 11.0. The highest BCUT2D eigenvalue weighted by Gasteiger charge is 2.29. The minimum absolute atomic E-state index is 0.0200. The van der Waals surface area contributed by atoms with Gasteiger partial charge in [-0.25, -0.2) is 0 Å². The standard InChI is InChI=1S/C22H27NOS2/c1-21(2,3)14-10-8-11-15(22(4,5)6)19(14)24-16-12-9-13-17-18(16)23-20(25)26(17)7/h8-13H,7H2,1-6H3,(H,23,25). The van der Waals surface area contributed by atoms with Crippen molar-refractivity contribution < 1.29 is 4.74 Å². The number of ether oxygens (including phenoxy) is 1. The third-order valence-electron chi connectivity index (χ3n) is 4.55. The van der Waals surface area contributed by atoms with E-state index in [0.29, 0.717) is 0 Å². The zero-order valence-corrected chi connectivity index (χ0v) is 18.0. The highest BCUT2D eigenvalue weighted by atomic mass is 32.2. The molecule has 138 valence electrons. The predicted octanol–water partition coefficient (Wildman–Crippen LogP) is 6.84. The van der Waals surface area contributed by atoms with Gasteiger partial charge in [-0.2, -0.15) is 0 Å². The Balaban J connectivity index is 2.18. The van der Waals surface area contributed by atoms with E-state index in [-0.39, 0.29) is 21.3 Å². The van der Waals surface area contributed by atoms with Gasteiger partial charge >= 0.3 is 0 Å². The number of rotatable bonds is 2. The van der Waals surface area contributed by atoms with Crippen LogP contribution in [0.25, 0.3) is 0 Å². The van der Waals surface area contributed by atoms with Crippen molar-refractivity contribution in [3.63, 3.8) is 0 Å². The highest BCUT2D eigenvalue weighted by molar-refractivity contribution is 8.34. The van der Waals surface area contributed by atoms with Gasteiger partial charge in [0, 0.05) is 16.0 Å². The molecule has 0 amide bonds. The lowest BCUT2D eigenvalue weighted by molar-refractivity contribution is 0.433. The van der Waals surface area contributed by atoms with Gasteiger partial charge < -0.3 is 10.1 Å². The van der Waals surface area contributed by atoms with Gasteiger partial charge in [-0.15, -0.1) is 10.5 Å². The van der Waals surface area contributed by atoms with Gasteiger partial charge in [0.05, 0.1) is 5.69 Å². The molecule has 1 unspecified atom stereocenters. The first-order valence-corrected chi connectivity index (χ1v) is 10.6. The number of para-hydroxylation sites is 2. The summed E-state index contributed by atoms with van der Waals surface area (Å²) in [5.74, 6) is 5.95. The summed E-state index contributed by atoms with van der Waals surface area (Å²) < 4.78 is 7.36. The number of fused-ring (bicyclic) bond motifs is 1. The van der Waals surface area contributed by atoms with Gasteiger partial charge in [-0.1, -0.05) is 83.9 Å². The van der Waals surface area contributed by atoms with Crippen LogP contribution in [0, 0.1) is 0 Å². The zero-order valence-electron chi connectivity index (χ0n) is 16.4. The first kappa shape index (κ1) is 19.1. The summed E-state index contributed by atoms with van der Waals surface area (Å²) in [6.45, 7) is 13.3. The van der Waals surface area contributed by atoms with Crippen molar-refractivity contribution in [2.45, 2.75) is 57.3 Å². The normalized spacial score (nSPS) is 17.0. The molecule has 0 fully saturated rings. The Morgan fingerprint density at radius 3 is 2.00 bits per heavy atom. The first-order chi connectivity index (χ1) is 12.0. The second kappa shape index (κ2) is 6.50. The van der Waals surface area contributed by atoms with Crippen LogP contribution in [0.5, 0.6) is 11.5 Å². The fraction of sp³-hybridized carbons (Fsp3) is 0.364. The van der Waals surface area contributed by atoms with E-state index in [1.165, 1.54) is 11.1 Å². The molecule has 1 atom stereocenters. The van der Waals surface area contributed by atoms with Gasteiger partial charge in [0.25, 0.3) is 0 Å². The zero-order chi connectivity index (χ0) is 19.3. The van der Waals surface area contributed by atoms with Crippen molar-refractivity contribution in [3.8, 4) is 11.5 Å². The van der Waals surface area contributed by atoms with E-state index in [9.17, 15) is 0 Å². The molecule has 2 aromatic rings. The van der Waals surface area contributed by atoms with E-state index in [4.69, 9.17) is 17.0 Å². The van der Waals surface area contributed by atoms with Crippen molar-refractivity contribution in [1.82, 2.24) is 0 Å². The topological polar surface area (TPSA) is 21.3 Å². The number of nitrogens with one attached hydrogen (secondary N) is 1. The van der Waals surface area contributed by atoms with Crippen molar-refractivity contribution >= 4 is 38.6 Å². The summed E-state index contributed by atoms with van der Waals surface area (Å²) in [6.07, 6.45) is 0. The van der Waals surface area contributed by atoms with Crippen LogP contribution in [0.4, 0.5) is 5.69 Å². The molecule has 0 spiro atoms. The van der Waals surface area contributed by atoms with Gasteiger partial charge in [0.2, 0.25) is 0 Å². The molecule has 0 radical (unpaired) electrons. The number of benzene rings is 2. The fourth-order valence-electron chi connectivity index (χ4n) is 3.13. The predicted molar refractivity (Wildman–Crippen MR) is 120 cm³/mol. The number of hydrogen-bond acceptors (Lipinski definition) is 2. The van der Waals surface area contributed by atoms with Crippen LogP contribution < -0.4 is 10.1 Å². The summed E-state index contributed by atoms with van der Waals surface area (Å²) in [5.41, 5.74) is 3.33. The lowest BCUT2D eigenvalue weighted by Crippen LogP contribution is -2.18. The average molecular weight is 386 g/mol. The minimum Gasteiger partial charge on any atom is -0.455 e. The van der Waals surface area contributed by atoms with Crippen LogP contribution in [-0.4, -0.2) is 10.2 Å². The molecule has 4 heteroatoms. The summed E-state index contributed by atoms with van der Waals surface area (Å²) in [4.78, 5) is 1.12. The molecule has 1 aliphatic rings. The Labute approximate surface area is 164 Å². The average Bonchev–Trinajstić information content (AvgIpc) is 2.82. The van der Waals surface area contributed by atoms with Crippen LogP contribution in [0.2, 0.25) is 0 Å². The molecular weight excluding hydrogens is 358 g/mol. The third kappa shape index (κ3) is 3.45. The highest BCUT2D eigenvalue weighted by Crippen LogP contribution is 2.48. The smallest absolute Gasteiger partial charge is 0.152 e. The molecule has 0 aromatic heterocycles. The van der Waals surface area contributed by atoms with E-state index in [0.717, 1.165) is 26.4 Å². The molecule has 2 nitrogen and oxygen atoms in total. The van der Waals surface area contributed by atoms with E-state index in [1.54, 1.807) is 0 Å². The lowest BCUT2D eigenvalue weighted by atomic mass is 9.79. The first-order valence-electron chi connectivity index (χ1n) is 8.80. The molecule has 2 aromatic carbocycles. The third-order valence-corrected chi connectivity index (χ3v) is 6.67. The summed E-state index contributed by atoms with van der Waals surface area (Å²) in [7, 11) is -0.315. The molecule has 26 heavy (non-hydrogen) atoms. The van der Waals surface area contributed by atoms with E-state index in [1.807, 2.05) is 12.1 Å². The minimum atomic E-state index is -0.315. The second-order valence-electron chi connectivity index (χ2n) is 8.72. The maximum Gasteiger partial charge on any atom is 0.152 e. The molecule has 0 saturated carbocycles. The Morgan fingerprint density at radius 1 is 0.923 bits per heavy atom. The monoisotopic (exact) mass is 385 g/mol. The van der Waals surface area contributed by atoms with E-state index < -0.39 is 0 Å². The van der Waals surface area contributed by atoms with Crippen LogP contribution >= 0.6 is 22.7 Å². The Hall–Kier alpha value is -1.65. The SMILES string of the molecule is C=S1C(=S)Nc2c(Oc3c(C(C)(C)C)cccc3C(C)(C)C)cccc21. The molecule has 1 N–H and O–H groups in total. The maximum absolute atomic E-state index is 6.59. The molecular formula is C22H27NOS2. The molecule has 1 heterocycles. The molecule has 0 bridgehead atoms. The molecule has 1 aliphatic heterocycles. The Kier molecular flexibility index (Phi) is 4.78. The maximum atomic E-state index is 6.59. The van der Waals surface area contributed by atoms with Gasteiger partial charge in [0.1, 0.15) is 10.1 Å². The quantitative estimate of drug-likeness (QED) is 0.451. The van der Waals surface area contributed by atoms with Crippen molar-refractivity contribution in [1.29, 1.82) is 0 Å². The summed E-state index contributed by atoms with van der Waals surface area (Å²) in [5, 5.41) is 3.31. The fourth-order valence-corrected chi connectivity index (χ4v) is 4.56. The van der Waals surface area contributed by atoms with Crippen molar-refractivity contribution in [2.75, 3.05) is 5.32 Å². The van der Waals surface area contributed by atoms with E-state index in [2.05, 4.69) is 77.0 Å². The van der Waals surface area contributed by atoms with Gasteiger partial charge in [-0.05, 0) is 23.0 Å². The Morgan fingerprint density at radius 2 is 1.46 bits per heavy atom. The van der Waals surface area contributed by atoms with Crippen LogP contribution in [-0.2, 0) is 10.8 Å². The number of hydrogen-bond donors (Lipinski definition) is 1. The van der Waals surface area contributed by atoms with Crippen molar-refractivity contribution in [3.05, 3.63) is 47.5 Å². The van der Waals surface area contributed by atoms with Gasteiger partial charge in [-0.3, -0.25) is 0 Å². The number of thiocarbonyl (C=S) groups is 1. The van der Waals surface area contributed by atoms with Crippen LogP contribution in [0.3, 0.4) is 0 Å². The Bertz CT molecular complexity index is 869. The van der Waals surface area contributed by atoms with Gasteiger partial charge in [0.15, 0.2) is 5.75 Å². The summed E-state index contributed by atoms with van der Waals surface area (Å²) in [6, 6.07) is 12.6.